The Labute approximate surface area is 84.4 Å². The number of amides is 1. The number of carbonyl (C=O) groups is 2. The van der Waals surface area contributed by atoms with Crippen LogP contribution in [0, 0.1) is 0 Å². The van der Waals surface area contributed by atoms with Crippen LogP contribution in [0.5, 0.6) is 0 Å². The number of hydrogen-bond acceptors (Lipinski definition) is 4. The second-order valence-corrected chi connectivity index (χ2v) is 3.61. The van der Waals surface area contributed by atoms with Crippen molar-refractivity contribution in [3.8, 4) is 0 Å². The Bertz CT molecular complexity index is 226. The van der Waals surface area contributed by atoms with Crippen LogP contribution in [0.3, 0.4) is 0 Å². The first-order valence-corrected chi connectivity index (χ1v) is 4.36. The van der Waals surface area contributed by atoms with Crippen molar-refractivity contribution < 1.29 is 14.3 Å². The van der Waals surface area contributed by atoms with E-state index in [-0.39, 0.29) is 12.5 Å². The average Bonchev–Trinajstić information content (AvgIpc) is 2.16. The molecule has 0 heterocycles. The van der Waals surface area contributed by atoms with E-state index in [4.69, 9.17) is 0 Å². The van der Waals surface area contributed by atoms with Gasteiger partial charge in [0.15, 0.2) is 0 Å². The molecule has 1 amide bonds. The molecular formula is C9H18N2O3. The topological polar surface area (TPSA) is 58.6 Å². The van der Waals surface area contributed by atoms with Crippen LogP contribution in [0.25, 0.3) is 0 Å². The van der Waals surface area contributed by atoms with Gasteiger partial charge in [0.25, 0.3) is 0 Å². The smallest absolute Gasteiger partial charge is 0.325 e. The molecule has 0 aromatic carbocycles. The molecule has 5 heteroatoms. The summed E-state index contributed by atoms with van der Waals surface area (Å²) in [6, 6.07) is 0. The average molecular weight is 202 g/mol. The highest BCUT2D eigenvalue weighted by atomic mass is 16.5. The normalized spacial score (nSPS) is 10.9. The summed E-state index contributed by atoms with van der Waals surface area (Å²) >= 11 is 0. The maximum atomic E-state index is 11.7. The Morgan fingerprint density at radius 1 is 1.43 bits per heavy atom. The lowest BCUT2D eigenvalue weighted by atomic mass is 10.0. The van der Waals surface area contributed by atoms with Crippen LogP contribution in [0.1, 0.15) is 13.8 Å². The quantitative estimate of drug-likeness (QED) is 0.631. The SMILES string of the molecule is CNC(C)(C)C(=O)N(C)CC(=O)OC. The zero-order chi connectivity index (χ0) is 11.4. The predicted octanol–water partition coefficient (Wildman–Crippen LogP) is -0.384. The Morgan fingerprint density at radius 3 is 2.29 bits per heavy atom. The van der Waals surface area contributed by atoms with Crippen molar-refractivity contribution in [1.82, 2.24) is 10.2 Å². The van der Waals surface area contributed by atoms with E-state index < -0.39 is 11.5 Å². The first-order chi connectivity index (χ1) is 6.35. The van der Waals surface area contributed by atoms with Crippen molar-refractivity contribution in [1.29, 1.82) is 0 Å². The number of likely N-dealkylation sites (N-methyl/N-ethyl adjacent to an activating group) is 2. The van der Waals surface area contributed by atoms with Crippen LogP contribution in [-0.4, -0.2) is 50.1 Å². The van der Waals surface area contributed by atoms with Gasteiger partial charge in [-0.2, -0.15) is 0 Å². The molecule has 14 heavy (non-hydrogen) atoms. The van der Waals surface area contributed by atoms with Gasteiger partial charge in [-0.1, -0.05) is 0 Å². The summed E-state index contributed by atoms with van der Waals surface area (Å²) in [5.74, 6) is -0.571. The van der Waals surface area contributed by atoms with Crippen molar-refractivity contribution in [3.05, 3.63) is 0 Å². The number of rotatable bonds is 4. The Kier molecular flexibility index (Phi) is 4.56. The van der Waals surface area contributed by atoms with E-state index in [1.807, 2.05) is 0 Å². The molecule has 0 rings (SSSR count). The summed E-state index contributed by atoms with van der Waals surface area (Å²) in [5.41, 5.74) is -0.664. The lowest BCUT2D eigenvalue weighted by Gasteiger charge is -2.28. The monoisotopic (exact) mass is 202 g/mol. The van der Waals surface area contributed by atoms with E-state index in [0.717, 1.165) is 0 Å². The molecule has 82 valence electrons. The van der Waals surface area contributed by atoms with Crippen LogP contribution in [-0.2, 0) is 14.3 Å². The third-order valence-corrected chi connectivity index (χ3v) is 2.10. The van der Waals surface area contributed by atoms with Crippen molar-refractivity contribution in [2.24, 2.45) is 0 Å². The van der Waals surface area contributed by atoms with Gasteiger partial charge >= 0.3 is 5.97 Å². The zero-order valence-electron chi connectivity index (χ0n) is 9.38. The first kappa shape index (κ1) is 12.9. The van der Waals surface area contributed by atoms with Gasteiger partial charge in [-0.05, 0) is 20.9 Å². The van der Waals surface area contributed by atoms with E-state index >= 15 is 0 Å². The molecule has 0 aliphatic heterocycles. The molecule has 0 unspecified atom stereocenters. The summed E-state index contributed by atoms with van der Waals surface area (Å²) < 4.78 is 4.46. The van der Waals surface area contributed by atoms with Gasteiger partial charge in [-0.15, -0.1) is 0 Å². The number of methoxy groups -OCH3 is 1. The second-order valence-electron chi connectivity index (χ2n) is 3.61. The highest BCUT2D eigenvalue weighted by molar-refractivity contribution is 5.88. The highest BCUT2D eigenvalue weighted by Gasteiger charge is 2.29. The van der Waals surface area contributed by atoms with Gasteiger partial charge in [0.05, 0.1) is 12.6 Å². The first-order valence-electron chi connectivity index (χ1n) is 4.36. The van der Waals surface area contributed by atoms with Crippen LogP contribution in [0.2, 0.25) is 0 Å². The minimum absolute atomic E-state index is 0.0273. The van der Waals surface area contributed by atoms with Gasteiger partial charge in [0.1, 0.15) is 6.54 Å². The molecule has 0 radical (unpaired) electrons. The van der Waals surface area contributed by atoms with Crippen LogP contribution < -0.4 is 5.32 Å². The summed E-state index contributed by atoms with van der Waals surface area (Å²) in [4.78, 5) is 23.9. The highest BCUT2D eigenvalue weighted by Crippen LogP contribution is 2.05. The molecule has 1 N–H and O–H groups in total. The fourth-order valence-corrected chi connectivity index (χ4v) is 0.914. The third-order valence-electron chi connectivity index (χ3n) is 2.10. The summed E-state index contributed by atoms with van der Waals surface area (Å²) in [6.45, 7) is 3.48. The molecule has 0 aliphatic rings. The maximum Gasteiger partial charge on any atom is 0.325 e. The largest absolute Gasteiger partial charge is 0.468 e. The fraction of sp³-hybridized carbons (Fsp3) is 0.778. The van der Waals surface area contributed by atoms with Crippen molar-refractivity contribution >= 4 is 11.9 Å². The summed E-state index contributed by atoms with van der Waals surface area (Å²) in [5, 5.41) is 2.87. The van der Waals surface area contributed by atoms with Crippen molar-refractivity contribution in [2.45, 2.75) is 19.4 Å². The van der Waals surface area contributed by atoms with Gasteiger partial charge in [0.2, 0.25) is 5.91 Å². The molecule has 0 aliphatic carbocycles. The number of nitrogens with zero attached hydrogens (tertiary/aromatic N) is 1. The Hall–Kier alpha value is -1.10. The van der Waals surface area contributed by atoms with Crippen LogP contribution in [0.4, 0.5) is 0 Å². The summed E-state index contributed by atoms with van der Waals surface area (Å²) in [7, 11) is 4.56. The standard InChI is InChI=1S/C9H18N2O3/c1-9(2,10-3)8(13)11(4)6-7(12)14-5/h10H,6H2,1-5H3. The van der Waals surface area contributed by atoms with Gasteiger partial charge in [0, 0.05) is 7.05 Å². The second kappa shape index (κ2) is 4.95. The molecule has 0 saturated carbocycles. The Balaban J connectivity index is 4.33. The minimum atomic E-state index is -0.664. The number of carbonyl (C=O) groups excluding carboxylic acids is 2. The van der Waals surface area contributed by atoms with Gasteiger partial charge in [-0.25, -0.2) is 0 Å². The molecule has 0 atom stereocenters. The van der Waals surface area contributed by atoms with Gasteiger partial charge < -0.3 is 15.0 Å². The third kappa shape index (κ3) is 3.33. The van der Waals surface area contributed by atoms with E-state index in [1.54, 1.807) is 27.9 Å². The molecule has 0 aromatic rings. The van der Waals surface area contributed by atoms with Crippen LogP contribution in [0.15, 0.2) is 0 Å². The van der Waals surface area contributed by atoms with E-state index in [9.17, 15) is 9.59 Å². The minimum Gasteiger partial charge on any atom is -0.468 e. The number of esters is 1. The van der Waals surface area contributed by atoms with E-state index in [2.05, 4.69) is 10.1 Å². The lowest BCUT2D eigenvalue weighted by Crippen LogP contribution is -2.52. The Morgan fingerprint density at radius 2 is 1.93 bits per heavy atom. The van der Waals surface area contributed by atoms with Crippen molar-refractivity contribution in [3.63, 3.8) is 0 Å². The van der Waals surface area contributed by atoms with Crippen molar-refractivity contribution in [2.75, 3.05) is 27.7 Å². The predicted molar refractivity (Wildman–Crippen MR) is 52.8 cm³/mol. The molecule has 0 aromatic heterocycles. The number of ether oxygens (including phenoxy) is 1. The van der Waals surface area contributed by atoms with E-state index in [0.29, 0.717) is 0 Å². The summed E-state index contributed by atoms with van der Waals surface area (Å²) in [6.07, 6.45) is 0. The van der Waals surface area contributed by atoms with Gasteiger partial charge in [-0.3, -0.25) is 9.59 Å². The maximum absolute atomic E-state index is 11.7. The van der Waals surface area contributed by atoms with Crippen LogP contribution >= 0.6 is 0 Å². The molecule has 5 nitrogen and oxygen atoms in total. The molecule has 0 fully saturated rings. The number of nitrogens with one attached hydrogen (secondary N) is 1. The molecule has 0 saturated heterocycles. The number of hydrogen-bond donors (Lipinski definition) is 1. The molecular weight excluding hydrogens is 184 g/mol. The van der Waals surface area contributed by atoms with E-state index in [1.165, 1.54) is 12.0 Å². The fourth-order valence-electron chi connectivity index (χ4n) is 0.914. The lowest BCUT2D eigenvalue weighted by molar-refractivity contribution is -0.147. The zero-order valence-corrected chi connectivity index (χ0v) is 9.38. The molecule has 0 spiro atoms. The molecule has 0 bridgehead atoms.